The van der Waals surface area contributed by atoms with Gasteiger partial charge in [-0.3, -0.25) is 9.97 Å². The summed E-state index contributed by atoms with van der Waals surface area (Å²) < 4.78 is 5.82. The summed E-state index contributed by atoms with van der Waals surface area (Å²) in [4.78, 5) is 19.7. The Labute approximate surface area is 140 Å². The molecule has 0 spiro atoms. The molecule has 122 valence electrons. The Kier molecular flexibility index (Phi) is 4.29. The highest BCUT2D eigenvalue weighted by Gasteiger charge is 2.21. The molecule has 0 unspecified atom stereocenters. The molecule has 3 aromatic rings. The molecule has 6 heteroatoms. The molecule has 3 aromatic heterocycles. The Balaban J connectivity index is 1.64. The van der Waals surface area contributed by atoms with Gasteiger partial charge in [0.05, 0.1) is 6.10 Å². The van der Waals surface area contributed by atoms with E-state index in [1.807, 2.05) is 24.4 Å². The van der Waals surface area contributed by atoms with Gasteiger partial charge in [-0.1, -0.05) is 6.07 Å². The number of hydrogen-bond acceptors (Lipinski definition) is 6. The van der Waals surface area contributed by atoms with Gasteiger partial charge < -0.3 is 9.64 Å². The van der Waals surface area contributed by atoms with Crippen LogP contribution in [0.2, 0.25) is 0 Å². The van der Waals surface area contributed by atoms with Crippen molar-refractivity contribution < 1.29 is 4.74 Å². The van der Waals surface area contributed by atoms with Gasteiger partial charge in [-0.05, 0) is 36.6 Å². The monoisotopic (exact) mass is 321 g/mol. The molecule has 1 aliphatic heterocycles. The van der Waals surface area contributed by atoms with Crippen LogP contribution < -0.4 is 4.90 Å². The Hall–Kier alpha value is -2.60. The van der Waals surface area contributed by atoms with E-state index in [9.17, 15) is 0 Å². The summed E-state index contributed by atoms with van der Waals surface area (Å²) >= 11 is 0. The molecule has 0 saturated carbocycles. The van der Waals surface area contributed by atoms with E-state index < -0.39 is 0 Å². The molecule has 0 aromatic carbocycles. The van der Waals surface area contributed by atoms with Crippen LogP contribution in [0.3, 0.4) is 0 Å². The molecule has 0 radical (unpaired) electrons. The van der Waals surface area contributed by atoms with E-state index >= 15 is 0 Å². The highest BCUT2D eigenvalue weighted by Crippen LogP contribution is 2.21. The maximum absolute atomic E-state index is 5.82. The summed E-state index contributed by atoms with van der Waals surface area (Å²) in [5.41, 5.74) is 2.62. The van der Waals surface area contributed by atoms with Crippen molar-refractivity contribution in [3.05, 3.63) is 54.6 Å². The largest absolute Gasteiger partial charge is 0.376 e. The smallest absolute Gasteiger partial charge is 0.180 e. The Morgan fingerprint density at radius 3 is 2.92 bits per heavy atom. The molecule has 1 atom stereocenters. The second-order valence-electron chi connectivity index (χ2n) is 5.95. The van der Waals surface area contributed by atoms with E-state index in [1.165, 1.54) is 0 Å². The molecule has 0 bridgehead atoms. The molecule has 4 heterocycles. The first-order valence-electron chi connectivity index (χ1n) is 8.22. The van der Waals surface area contributed by atoms with Gasteiger partial charge >= 0.3 is 0 Å². The van der Waals surface area contributed by atoms with Gasteiger partial charge in [0.15, 0.2) is 5.65 Å². The maximum Gasteiger partial charge on any atom is 0.180 e. The predicted octanol–water partition coefficient (Wildman–Crippen LogP) is 2.61. The molecule has 24 heavy (non-hydrogen) atoms. The second kappa shape index (κ2) is 6.88. The van der Waals surface area contributed by atoms with E-state index in [0.717, 1.165) is 49.4 Å². The van der Waals surface area contributed by atoms with Crippen molar-refractivity contribution in [1.29, 1.82) is 0 Å². The summed E-state index contributed by atoms with van der Waals surface area (Å²) in [6, 6.07) is 8.01. The third kappa shape index (κ3) is 3.33. The van der Waals surface area contributed by atoms with Gasteiger partial charge in [-0.25, -0.2) is 9.97 Å². The maximum atomic E-state index is 5.82. The summed E-state index contributed by atoms with van der Waals surface area (Å²) in [5.74, 6) is 0.891. The van der Waals surface area contributed by atoms with Crippen LogP contribution in [0.1, 0.15) is 18.4 Å². The first kappa shape index (κ1) is 15.0. The van der Waals surface area contributed by atoms with Crippen LogP contribution in [0.4, 0.5) is 5.82 Å². The average Bonchev–Trinajstić information content (AvgIpc) is 3.15. The van der Waals surface area contributed by atoms with E-state index in [0.29, 0.717) is 5.65 Å². The molecule has 0 amide bonds. The Bertz CT molecular complexity index is 805. The highest BCUT2D eigenvalue weighted by molar-refractivity contribution is 5.71. The summed E-state index contributed by atoms with van der Waals surface area (Å²) in [6.07, 6.45) is 9.51. The number of hydrogen-bond donors (Lipinski definition) is 0. The number of ether oxygens (including phenoxy) is 1. The van der Waals surface area contributed by atoms with Crippen LogP contribution in [0.15, 0.2) is 49.1 Å². The molecule has 4 rings (SSSR count). The van der Waals surface area contributed by atoms with Crippen LogP contribution in [0.5, 0.6) is 0 Å². The summed E-state index contributed by atoms with van der Waals surface area (Å²) in [7, 11) is 0. The molecule has 1 saturated heterocycles. The second-order valence-corrected chi connectivity index (χ2v) is 5.95. The molecule has 6 nitrogen and oxygen atoms in total. The quantitative estimate of drug-likeness (QED) is 0.720. The van der Waals surface area contributed by atoms with Crippen molar-refractivity contribution in [2.75, 3.05) is 18.1 Å². The minimum absolute atomic E-state index is 0.251. The molecular weight excluding hydrogens is 302 g/mol. The van der Waals surface area contributed by atoms with Gasteiger partial charge in [0.25, 0.3) is 0 Å². The number of aromatic nitrogens is 4. The zero-order chi connectivity index (χ0) is 16.2. The molecule has 1 fully saturated rings. The predicted molar refractivity (Wildman–Crippen MR) is 91.6 cm³/mol. The van der Waals surface area contributed by atoms with E-state index in [4.69, 9.17) is 9.72 Å². The Morgan fingerprint density at radius 2 is 2.08 bits per heavy atom. The molecule has 0 N–H and O–H groups in total. The number of fused-ring (bicyclic) bond motifs is 1. The lowest BCUT2D eigenvalue weighted by Crippen LogP contribution is -2.32. The van der Waals surface area contributed by atoms with Gasteiger partial charge in [-0.15, -0.1) is 0 Å². The van der Waals surface area contributed by atoms with Crippen molar-refractivity contribution in [2.24, 2.45) is 0 Å². The SMILES string of the molecule is c1cncc(CN(C[C@@H]2CCCO2)c2ccc3nccnc3n2)c1. The van der Waals surface area contributed by atoms with Crippen molar-refractivity contribution in [3.8, 4) is 0 Å². The fraction of sp³-hybridized carbons (Fsp3) is 0.333. The third-order valence-electron chi connectivity index (χ3n) is 4.19. The number of anilines is 1. The Morgan fingerprint density at radius 1 is 1.12 bits per heavy atom. The molecule has 0 aliphatic carbocycles. The number of pyridine rings is 2. The van der Waals surface area contributed by atoms with Crippen LogP contribution >= 0.6 is 0 Å². The zero-order valence-corrected chi connectivity index (χ0v) is 13.4. The minimum atomic E-state index is 0.251. The summed E-state index contributed by atoms with van der Waals surface area (Å²) in [5, 5.41) is 0. The lowest BCUT2D eigenvalue weighted by atomic mass is 10.2. The number of nitrogens with zero attached hydrogens (tertiary/aromatic N) is 5. The third-order valence-corrected chi connectivity index (χ3v) is 4.19. The van der Waals surface area contributed by atoms with Crippen molar-refractivity contribution in [2.45, 2.75) is 25.5 Å². The average molecular weight is 321 g/mol. The van der Waals surface area contributed by atoms with Gasteiger partial charge in [0.1, 0.15) is 11.3 Å². The topological polar surface area (TPSA) is 64.0 Å². The normalized spacial score (nSPS) is 17.2. The molecule has 1 aliphatic rings. The standard InChI is InChI=1S/C18H19N5O/c1-3-14(11-19-7-1)12-23(13-15-4-2-10-24-15)17-6-5-16-18(22-17)21-9-8-20-16/h1,3,5-9,11,15H,2,4,10,12-13H2/t15-/m0/s1. The van der Waals surface area contributed by atoms with Crippen molar-refractivity contribution >= 4 is 17.0 Å². The zero-order valence-electron chi connectivity index (χ0n) is 13.4. The highest BCUT2D eigenvalue weighted by atomic mass is 16.5. The lowest BCUT2D eigenvalue weighted by molar-refractivity contribution is 0.115. The number of rotatable bonds is 5. The van der Waals surface area contributed by atoms with Crippen LogP contribution in [0, 0.1) is 0 Å². The fourth-order valence-electron chi connectivity index (χ4n) is 3.01. The van der Waals surface area contributed by atoms with Gasteiger partial charge in [-0.2, -0.15) is 0 Å². The van der Waals surface area contributed by atoms with E-state index in [2.05, 4.69) is 25.9 Å². The minimum Gasteiger partial charge on any atom is -0.376 e. The first-order chi connectivity index (χ1) is 11.9. The fourth-order valence-corrected chi connectivity index (χ4v) is 3.01. The summed E-state index contributed by atoms with van der Waals surface area (Å²) in [6.45, 7) is 2.40. The van der Waals surface area contributed by atoms with Gasteiger partial charge in [0.2, 0.25) is 0 Å². The van der Waals surface area contributed by atoms with E-state index in [-0.39, 0.29) is 6.10 Å². The lowest BCUT2D eigenvalue weighted by Gasteiger charge is -2.26. The van der Waals surface area contributed by atoms with Crippen LogP contribution in [-0.2, 0) is 11.3 Å². The first-order valence-corrected chi connectivity index (χ1v) is 8.22. The van der Waals surface area contributed by atoms with Gasteiger partial charge in [0, 0.05) is 44.5 Å². The van der Waals surface area contributed by atoms with Crippen molar-refractivity contribution in [3.63, 3.8) is 0 Å². The van der Waals surface area contributed by atoms with Crippen LogP contribution in [-0.4, -0.2) is 39.2 Å². The van der Waals surface area contributed by atoms with Crippen molar-refractivity contribution in [1.82, 2.24) is 19.9 Å². The van der Waals surface area contributed by atoms with Crippen LogP contribution in [0.25, 0.3) is 11.2 Å². The van der Waals surface area contributed by atoms with E-state index in [1.54, 1.807) is 18.6 Å². The molecular formula is C18H19N5O.